The lowest BCUT2D eigenvalue weighted by Crippen LogP contribution is -2.38. The van der Waals surface area contributed by atoms with Crippen molar-refractivity contribution in [2.24, 2.45) is 0 Å². The Morgan fingerprint density at radius 2 is 2.12 bits per heavy atom. The van der Waals surface area contributed by atoms with Crippen molar-refractivity contribution in [3.63, 3.8) is 0 Å². The van der Waals surface area contributed by atoms with Gasteiger partial charge in [-0.15, -0.1) is 16.4 Å². The summed E-state index contributed by atoms with van der Waals surface area (Å²) in [6.07, 6.45) is 1.32. The predicted molar refractivity (Wildman–Crippen MR) is 131 cm³/mol. The van der Waals surface area contributed by atoms with Crippen LogP contribution in [0.4, 0.5) is 0 Å². The molecule has 1 aliphatic rings. The van der Waals surface area contributed by atoms with E-state index in [0.717, 1.165) is 55.5 Å². The summed E-state index contributed by atoms with van der Waals surface area (Å²) in [7, 11) is 1.64. The van der Waals surface area contributed by atoms with Gasteiger partial charge in [-0.05, 0) is 48.7 Å². The zero-order valence-corrected chi connectivity index (χ0v) is 20.3. The molecule has 1 fully saturated rings. The van der Waals surface area contributed by atoms with Crippen LogP contribution >= 0.6 is 23.1 Å². The first kappa shape index (κ1) is 23.7. The third-order valence-corrected chi connectivity index (χ3v) is 7.62. The van der Waals surface area contributed by atoms with E-state index >= 15 is 0 Å². The molecule has 2 aromatic heterocycles. The molecular weight excluding hydrogens is 458 g/mol. The van der Waals surface area contributed by atoms with E-state index in [1.807, 2.05) is 35.7 Å². The van der Waals surface area contributed by atoms with E-state index in [1.54, 1.807) is 18.4 Å². The SMILES string of the molecule is COc1ccc(-c2nc(SC(CC(=O)NCCCN3CCOCC3)c3cccs3)n[nH]2)cc1. The summed E-state index contributed by atoms with van der Waals surface area (Å²) in [5, 5.41) is 13.1. The van der Waals surface area contributed by atoms with Gasteiger partial charge in [0.1, 0.15) is 5.75 Å². The molecule has 0 saturated carbocycles. The summed E-state index contributed by atoms with van der Waals surface area (Å²) in [5.74, 6) is 1.54. The van der Waals surface area contributed by atoms with Crippen LogP contribution in [0.5, 0.6) is 5.75 Å². The lowest BCUT2D eigenvalue weighted by atomic mass is 10.2. The minimum absolute atomic E-state index is 0.0382. The van der Waals surface area contributed by atoms with Crippen LogP contribution in [0.15, 0.2) is 46.9 Å². The van der Waals surface area contributed by atoms with E-state index in [1.165, 1.54) is 11.8 Å². The van der Waals surface area contributed by atoms with Crippen LogP contribution in [0.1, 0.15) is 23.0 Å². The Morgan fingerprint density at radius 3 is 2.85 bits per heavy atom. The van der Waals surface area contributed by atoms with Gasteiger partial charge < -0.3 is 14.8 Å². The van der Waals surface area contributed by atoms with E-state index in [4.69, 9.17) is 9.47 Å². The standard InChI is InChI=1S/C23H29N5O3S2/c1-30-18-7-5-17(6-8-18)22-25-23(27-26-22)33-20(19-4-2-15-32-19)16-21(29)24-9-3-10-28-11-13-31-14-12-28/h2,4-8,15,20H,3,9-14,16H2,1H3,(H,24,29)(H,25,26,27). The van der Waals surface area contributed by atoms with Crippen molar-refractivity contribution in [3.05, 3.63) is 46.7 Å². The molecule has 0 bridgehead atoms. The molecule has 33 heavy (non-hydrogen) atoms. The molecule has 4 rings (SSSR count). The predicted octanol–water partition coefficient (Wildman–Crippen LogP) is 3.60. The number of amides is 1. The van der Waals surface area contributed by atoms with Crippen molar-refractivity contribution < 1.29 is 14.3 Å². The zero-order chi connectivity index (χ0) is 22.9. The highest BCUT2D eigenvalue weighted by Gasteiger charge is 2.21. The number of carbonyl (C=O) groups is 1. The van der Waals surface area contributed by atoms with Gasteiger partial charge in [0.2, 0.25) is 11.1 Å². The first-order valence-electron chi connectivity index (χ1n) is 11.0. The normalized spacial score (nSPS) is 15.3. The number of ether oxygens (including phenoxy) is 2. The number of aromatic amines is 1. The van der Waals surface area contributed by atoms with Crippen LogP contribution in [0.2, 0.25) is 0 Å². The number of rotatable bonds is 11. The lowest BCUT2D eigenvalue weighted by Gasteiger charge is -2.26. The van der Waals surface area contributed by atoms with Crippen LogP contribution in [0, 0.1) is 0 Å². The zero-order valence-electron chi connectivity index (χ0n) is 18.7. The molecule has 0 spiro atoms. The number of morpholine rings is 1. The van der Waals surface area contributed by atoms with Gasteiger partial charge in [-0.25, -0.2) is 4.98 Å². The Balaban J connectivity index is 1.31. The second-order valence-electron chi connectivity index (χ2n) is 7.68. The molecule has 3 heterocycles. The van der Waals surface area contributed by atoms with Gasteiger partial charge in [0.05, 0.1) is 25.6 Å². The molecule has 3 aromatic rings. The summed E-state index contributed by atoms with van der Waals surface area (Å²) in [4.78, 5) is 20.8. The fourth-order valence-corrected chi connectivity index (χ4v) is 5.52. The van der Waals surface area contributed by atoms with Crippen LogP contribution < -0.4 is 10.1 Å². The van der Waals surface area contributed by atoms with E-state index in [9.17, 15) is 4.79 Å². The molecule has 1 saturated heterocycles. The molecular formula is C23H29N5O3S2. The van der Waals surface area contributed by atoms with Gasteiger partial charge in [-0.1, -0.05) is 17.8 Å². The number of carbonyl (C=O) groups excluding carboxylic acids is 1. The molecule has 1 amide bonds. The number of hydrogen-bond donors (Lipinski definition) is 2. The molecule has 1 aliphatic heterocycles. The Morgan fingerprint density at radius 1 is 1.30 bits per heavy atom. The highest BCUT2D eigenvalue weighted by Crippen LogP contribution is 2.38. The van der Waals surface area contributed by atoms with E-state index in [0.29, 0.717) is 23.9 Å². The largest absolute Gasteiger partial charge is 0.497 e. The Labute approximate surface area is 202 Å². The summed E-state index contributed by atoms with van der Waals surface area (Å²) in [6, 6.07) is 11.7. The monoisotopic (exact) mass is 487 g/mol. The fraction of sp³-hybridized carbons (Fsp3) is 0.435. The van der Waals surface area contributed by atoms with Crippen LogP contribution in [0.3, 0.4) is 0 Å². The molecule has 0 radical (unpaired) electrons. The third kappa shape index (κ3) is 7.04. The average Bonchev–Trinajstić information content (AvgIpc) is 3.55. The minimum atomic E-state index is -0.0382. The van der Waals surface area contributed by atoms with Gasteiger partial charge in [0.25, 0.3) is 0 Å². The second-order valence-corrected chi connectivity index (χ2v) is 9.83. The summed E-state index contributed by atoms with van der Waals surface area (Å²) in [5.41, 5.74) is 0.931. The molecule has 1 aromatic carbocycles. The number of benzene rings is 1. The maximum atomic E-state index is 12.7. The van der Waals surface area contributed by atoms with E-state index < -0.39 is 0 Å². The molecule has 8 nitrogen and oxygen atoms in total. The maximum absolute atomic E-state index is 12.7. The van der Waals surface area contributed by atoms with Gasteiger partial charge in [-0.3, -0.25) is 14.8 Å². The second kappa shape index (κ2) is 12.2. The summed E-state index contributed by atoms with van der Waals surface area (Å²) >= 11 is 3.16. The van der Waals surface area contributed by atoms with Gasteiger partial charge in [-0.2, -0.15) is 0 Å². The number of aromatic nitrogens is 3. The molecule has 1 unspecified atom stereocenters. The average molecular weight is 488 g/mol. The highest BCUT2D eigenvalue weighted by molar-refractivity contribution is 7.99. The van der Waals surface area contributed by atoms with Crippen molar-refractivity contribution >= 4 is 29.0 Å². The molecule has 0 aliphatic carbocycles. The summed E-state index contributed by atoms with van der Waals surface area (Å²) in [6.45, 7) is 5.21. The summed E-state index contributed by atoms with van der Waals surface area (Å²) < 4.78 is 10.6. The van der Waals surface area contributed by atoms with Crippen molar-refractivity contribution in [2.75, 3.05) is 46.5 Å². The molecule has 2 N–H and O–H groups in total. The van der Waals surface area contributed by atoms with Crippen LogP contribution in [0.25, 0.3) is 11.4 Å². The first-order valence-corrected chi connectivity index (χ1v) is 12.8. The topological polar surface area (TPSA) is 92.4 Å². The van der Waals surface area contributed by atoms with E-state index in [2.05, 4.69) is 31.5 Å². The highest BCUT2D eigenvalue weighted by atomic mass is 32.2. The Kier molecular flexibility index (Phi) is 8.76. The number of nitrogens with one attached hydrogen (secondary N) is 2. The van der Waals surface area contributed by atoms with Crippen LogP contribution in [-0.2, 0) is 9.53 Å². The first-order chi connectivity index (χ1) is 16.2. The van der Waals surface area contributed by atoms with Crippen molar-refractivity contribution in [3.8, 4) is 17.1 Å². The smallest absolute Gasteiger partial charge is 0.221 e. The van der Waals surface area contributed by atoms with Crippen molar-refractivity contribution in [1.29, 1.82) is 0 Å². The van der Waals surface area contributed by atoms with E-state index in [-0.39, 0.29) is 11.2 Å². The van der Waals surface area contributed by atoms with Crippen molar-refractivity contribution in [1.82, 2.24) is 25.4 Å². The van der Waals surface area contributed by atoms with Gasteiger partial charge >= 0.3 is 0 Å². The fourth-order valence-electron chi connectivity index (χ4n) is 3.57. The third-order valence-electron chi connectivity index (χ3n) is 5.38. The van der Waals surface area contributed by atoms with Gasteiger partial charge in [0, 0.05) is 36.5 Å². The lowest BCUT2D eigenvalue weighted by molar-refractivity contribution is -0.121. The number of hydrogen-bond acceptors (Lipinski definition) is 8. The molecule has 10 heteroatoms. The van der Waals surface area contributed by atoms with Crippen molar-refractivity contribution in [2.45, 2.75) is 23.2 Å². The Hall–Kier alpha value is -2.40. The number of methoxy groups -OCH3 is 1. The maximum Gasteiger partial charge on any atom is 0.221 e. The van der Waals surface area contributed by atoms with Crippen LogP contribution in [-0.4, -0.2) is 72.5 Å². The number of thiophene rings is 1. The molecule has 176 valence electrons. The van der Waals surface area contributed by atoms with Gasteiger partial charge in [0.15, 0.2) is 5.82 Å². The number of nitrogens with zero attached hydrogens (tertiary/aromatic N) is 3. The quantitative estimate of drug-likeness (QED) is 0.315. The Bertz CT molecular complexity index is 988. The number of H-pyrrole nitrogens is 1. The number of thioether (sulfide) groups is 1. The molecule has 1 atom stereocenters. The minimum Gasteiger partial charge on any atom is -0.497 e.